The fraction of sp³-hybridized carbons (Fsp3) is 0.455. The molecule has 0 spiro atoms. The molecule has 0 amide bonds. The zero-order valence-electron chi connectivity index (χ0n) is 8.10. The molecular formula is C11H11ClF2O. The molecule has 4 heteroatoms. The van der Waals surface area contributed by atoms with Crippen molar-refractivity contribution < 1.29 is 13.5 Å². The summed E-state index contributed by atoms with van der Waals surface area (Å²) in [4.78, 5) is 0. The van der Waals surface area contributed by atoms with Gasteiger partial charge >= 0.3 is 0 Å². The van der Waals surface area contributed by atoms with E-state index in [0.29, 0.717) is 0 Å². The van der Waals surface area contributed by atoms with Crippen LogP contribution in [0.2, 0.25) is 5.02 Å². The lowest BCUT2D eigenvalue weighted by Crippen LogP contribution is -2.12. The highest BCUT2D eigenvalue weighted by Gasteiger charge is 2.20. The van der Waals surface area contributed by atoms with Crippen molar-refractivity contribution in [1.82, 2.24) is 0 Å². The third-order valence-corrected chi connectivity index (χ3v) is 2.89. The van der Waals surface area contributed by atoms with Crippen molar-refractivity contribution in [2.75, 3.05) is 0 Å². The van der Waals surface area contributed by atoms with Gasteiger partial charge in [-0.3, -0.25) is 0 Å². The Balaban J connectivity index is 2.17. The summed E-state index contributed by atoms with van der Waals surface area (Å²) in [6.45, 7) is 0. The average molecular weight is 233 g/mol. The van der Waals surface area contributed by atoms with Gasteiger partial charge in [-0.15, -0.1) is 0 Å². The third-order valence-electron chi connectivity index (χ3n) is 2.60. The summed E-state index contributed by atoms with van der Waals surface area (Å²) in [5.41, 5.74) is 0. The van der Waals surface area contributed by atoms with Gasteiger partial charge in [0.15, 0.2) is 11.6 Å². The lowest BCUT2D eigenvalue weighted by atomic mass is 10.3. The van der Waals surface area contributed by atoms with Crippen LogP contribution in [0.3, 0.4) is 0 Å². The van der Waals surface area contributed by atoms with Crippen LogP contribution in [0.4, 0.5) is 8.78 Å². The Morgan fingerprint density at radius 1 is 1.13 bits per heavy atom. The first kappa shape index (κ1) is 10.7. The van der Waals surface area contributed by atoms with Gasteiger partial charge in [-0.25, -0.2) is 4.39 Å². The molecule has 0 bridgehead atoms. The van der Waals surface area contributed by atoms with Gasteiger partial charge in [-0.05, 0) is 37.8 Å². The third kappa shape index (κ3) is 2.23. The molecule has 1 aliphatic rings. The van der Waals surface area contributed by atoms with E-state index in [1.54, 1.807) is 0 Å². The van der Waals surface area contributed by atoms with Crippen molar-refractivity contribution in [3.05, 3.63) is 28.8 Å². The summed E-state index contributed by atoms with van der Waals surface area (Å²) in [6.07, 6.45) is 4.00. The molecule has 0 aromatic heterocycles. The number of rotatable bonds is 2. The number of hydrogen-bond acceptors (Lipinski definition) is 1. The topological polar surface area (TPSA) is 9.23 Å². The van der Waals surface area contributed by atoms with Crippen LogP contribution >= 0.6 is 11.6 Å². The Morgan fingerprint density at radius 2 is 1.80 bits per heavy atom. The summed E-state index contributed by atoms with van der Waals surface area (Å²) in [7, 11) is 0. The van der Waals surface area contributed by atoms with Gasteiger partial charge < -0.3 is 4.74 Å². The van der Waals surface area contributed by atoms with Crippen LogP contribution in [0, 0.1) is 11.6 Å². The van der Waals surface area contributed by atoms with Crippen molar-refractivity contribution in [2.24, 2.45) is 0 Å². The van der Waals surface area contributed by atoms with E-state index in [2.05, 4.69) is 0 Å². The Bertz CT molecular complexity index is 362. The summed E-state index contributed by atoms with van der Waals surface area (Å²) in [6, 6.07) is 2.68. The summed E-state index contributed by atoms with van der Waals surface area (Å²) >= 11 is 5.43. The van der Waals surface area contributed by atoms with Gasteiger partial charge in [0.1, 0.15) is 0 Å². The van der Waals surface area contributed by atoms with Gasteiger partial charge in [0.25, 0.3) is 0 Å². The molecule has 15 heavy (non-hydrogen) atoms. The molecule has 0 heterocycles. The summed E-state index contributed by atoms with van der Waals surface area (Å²) < 4.78 is 31.8. The van der Waals surface area contributed by atoms with E-state index in [9.17, 15) is 8.78 Å². The van der Waals surface area contributed by atoms with E-state index in [4.69, 9.17) is 16.3 Å². The van der Waals surface area contributed by atoms with E-state index in [0.717, 1.165) is 25.7 Å². The van der Waals surface area contributed by atoms with Crippen LogP contribution in [0.1, 0.15) is 25.7 Å². The van der Waals surface area contributed by atoms with Gasteiger partial charge in [0.2, 0.25) is 5.82 Å². The molecule has 2 rings (SSSR count). The molecule has 1 nitrogen and oxygen atoms in total. The molecule has 1 aliphatic carbocycles. The minimum Gasteiger partial charge on any atom is -0.487 e. The van der Waals surface area contributed by atoms with E-state index >= 15 is 0 Å². The van der Waals surface area contributed by atoms with E-state index in [-0.39, 0.29) is 16.9 Å². The predicted octanol–water partition coefficient (Wildman–Crippen LogP) is 3.94. The van der Waals surface area contributed by atoms with Gasteiger partial charge in [-0.2, -0.15) is 4.39 Å². The Morgan fingerprint density at radius 3 is 2.47 bits per heavy atom. The highest BCUT2D eigenvalue weighted by Crippen LogP contribution is 2.29. The molecule has 1 aromatic rings. The second-order valence-corrected chi connectivity index (χ2v) is 4.11. The summed E-state index contributed by atoms with van der Waals surface area (Å²) in [5.74, 6) is -2.06. The lowest BCUT2D eigenvalue weighted by Gasteiger charge is -2.13. The normalized spacial score (nSPS) is 17.0. The fourth-order valence-electron chi connectivity index (χ4n) is 1.78. The molecule has 1 fully saturated rings. The van der Waals surface area contributed by atoms with E-state index < -0.39 is 11.6 Å². The predicted molar refractivity (Wildman–Crippen MR) is 54.3 cm³/mol. The zero-order valence-corrected chi connectivity index (χ0v) is 8.86. The van der Waals surface area contributed by atoms with Crippen LogP contribution in [0.5, 0.6) is 5.75 Å². The van der Waals surface area contributed by atoms with Crippen LogP contribution in [0.25, 0.3) is 0 Å². The number of hydrogen-bond donors (Lipinski definition) is 0. The standard InChI is InChI=1S/C11H11ClF2O/c12-8-5-6-9(11(14)10(8)13)15-7-3-1-2-4-7/h5-7H,1-4H2. The number of halogens is 3. The van der Waals surface area contributed by atoms with Gasteiger partial charge in [-0.1, -0.05) is 11.6 Å². The quantitative estimate of drug-likeness (QED) is 0.702. The minimum atomic E-state index is -1.04. The molecule has 1 aromatic carbocycles. The Hall–Kier alpha value is -0.830. The van der Waals surface area contributed by atoms with Gasteiger partial charge in [0, 0.05) is 0 Å². The number of ether oxygens (including phenoxy) is 1. The molecular weight excluding hydrogens is 222 g/mol. The molecule has 0 saturated heterocycles. The molecule has 0 radical (unpaired) electrons. The zero-order chi connectivity index (χ0) is 10.8. The molecule has 82 valence electrons. The van der Waals surface area contributed by atoms with Crippen molar-refractivity contribution in [3.63, 3.8) is 0 Å². The summed E-state index contributed by atoms with van der Waals surface area (Å²) in [5, 5.41) is -0.216. The van der Waals surface area contributed by atoms with E-state index in [1.807, 2.05) is 0 Å². The second-order valence-electron chi connectivity index (χ2n) is 3.70. The monoisotopic (exact) mass is 232 g/mol. The first-order valence-electron chi connectivity index (χ1n) is 4.98. The Kier molecular flexibility index (Phi) is 3.10. The highest BCUT2D eigenvalue weighted by molar-refractivity contribution is 6.30. The lowest BCUT2D eigenvalue weighted by molar-refractivity contribution is 0.198. The van der Waals surface area contributed by atoms with E-state index in [1.165, 1.54) is 12.1 Å². The first-order chi connectivity index (χ1) is 7.18. The van der Waals surface area contributed by atoms with Crippen LogP contribution in [-0.4, -0.2) is 6.10 Å². The largest absolute Gasteiger partial charge is 0.487 e. The SMILES string of the molecule is Fc1c(Cl)ccc(OC2CCCC2)c1F. The van der Waals surface area contributed by atoms with Gasteiger partial charge in [0.05, 0.1) is 11.1 Å². The molecule has 0 unspecified atom stereocenters. The second kappa shape index (κ2) is 4.35. The molecule has 1 saturated carbocycles. The maximum atomic E-state index is 13.3. The average Bonchev–Trinajstić information content (AvgIpc) is 2.72. The van der Waals surface area contributed by atoms with Crippen LogP contribution in [-0.2, 0) is 0 Å². The first-order valence-corrected chi connectivity index (χ1v) is 5.36. The van der Waals surface area contributed by atoms with Crippen molar-refractivity contribution in [2.45, 2.75) is 31.8 Å². The van der Waals surface area contributed by atoms with Crippen LogP contribution in [0.15, 0.2) is 12.1 Å². The van der Waals surface area contributed by atoms with Crippen molar-refractivity contribution >= 4 is 11.6 Å². The van der Waals surface area contributed by atoms with Crippen LogP contribution < -0.4 is 4.74 Å². The smallest absolute Gasteiger partial charge is 0.202 e. The van der Waals surface area contributed by atoms with Crippen molar-refractivity contribution in [3.8, 4) is 5.75 Å². The molecule has 0 N–H and O–H groups in total. The highest BCUT2D eigenvalue weighted by atomic mass is 35.5. The maximum Gasteiger partial charge on any atom is 0.202 e. The Labute approximate surface area is 92.0 Å². The molecule has 0 aliphatic heterocycles. The molecule has 0 atom stereocenters. The number of benzene rings is 1. The fourth-order valence-corrected chi connectivity index (χ4v) is 1.93. The minimum absolute atomic E-state index is 0.0140. The maximum absolute atomic E-state index is 13.3. The van der Waals surface area contributed by atoms with Crippen molar-refractivity contribution in [1.29, 1.82) is 0 Å².